The Hall–Kier alpha value is -2.29. The number of benzene rings is 1. The zero-order valence-corrected chi connectivity index (χ0v) is 14.4. The smallest absolute Gasteiger partial charge is 0.259 e. The Morgan fingerprint density at radius 2 is 1.96 bits per heavy atom. The number of aryl methyl sites for hydroxylation is 2. The highest BCUT2D eigenvalue weighted by Gasteiger charge is 2.34. The van der Waals surface area contributed by atoms with Gasteiger partial charge in [0.1, 0.15) is 0 Å². The first-order valence-electron chi connectivity index (χ1n) is 8.92. The Kier molecular flexibility index (Phi) is 3.79. The van der Waals surface area contributed by atoms with Gasteiger partial charge in [-0.2, -0.15) is 0 Å². The van der Waals surface area contributed by atoms with Crippen molar-refractivity contribution in [1.82, 2.24) is 4.98 Å². The first kappa shape index (κ1) is 15.3. The van der Waals surface area contributed by atoms with E-state index in [-0.39, 0.29) is 5.91 Å². The number of hydrogen-bond donors (Lipinski definition) is 1. The van der Waals surface area contributed by atoms with Crippen molar-refractivity contribution in [2.24, 2.45) is 5.92 Å². The third kappa shape index (κ3) is 2.58. The van der Waals surface area contributed by atoms with E-state index in [0.29, 0.717) is 5.92 Å². The lowest BCUT2D eigenvalue weighted by molar-refractivity contribution is -0.113. The molecule has 0 radical (unpaired) electrons. The van der Waals surface area contributed by atoms with Crippen LogP contribution in [0.1, 0.15) is 48.2 Å². The SMILES string of the molecule is Cc1cc(C)c(/C=C2\C(=O)N(CC3CCCC3)c3ccccc32)[nH]1. The lowest BCUT2D eigenvalue weighted by atomic mass is 10.1. The van der Waals surface area contributed by atoms with Crippen molar-refractivity contribution in [3.8, 4) is 0 Å². The van der Waals surface area contributed by atoms with Crippen molar-refractivity contribution < 1.29 is 4.79 Å². The van der Waals surface area contributed by atoms with Gasteiger partial charge in [0.25, 0.3) is 5.91 Å². The number of aromatic nitrogens is 1. The van der Waals surface area contributed by atoms with Gasteiger partial charge in [0.05, 0.1) is 11.3 Å². The molecule has 1 saturated carbocycles. The summed E-state index contributed by atoms with van der Waals surface area (Å²) in [4.78, 5) is 18.5. The van der Waals surface area contributed by atoms with Crippen LogP contribution >= 0.6 is 0 Å². The molecule has 2 aromatic rings. The molecule has 0 atom stereocenters. The van der Waals surface area contributed by atoms with Gasteiger partial charge in [-0.1, -0.05) is 31.0 Å². The Morgan fingerprint density at radius 1 is 1.21 bits per heavy atom. The number of para-hydroxylation sites is 1. The Bertz CT molecular complexity index is 809. The van der Waals surface area contributed by atoms with Crippen LogP contribution in [0.4, 0.5) is 5.69 Å². The molecule has 1 aliphatic heterocycles. The summed E-state index contributed by atoms with van der Waals surface area (Å²) >= 11 is 0. The molecule has 24 heavy (non-hydrogen) atoms. The van der Waals surface area contributed by atoms with Crippen LogP contribution in [0, 0.1) is 19.8 Å². The second kappa shape index (κ2) is 5.97. The highest BCUT2D eigenvalue weighted by molar-refractivity contribution is 6.35. The van der Waals surface area contributed by atoms with Crippen molar-refractivity contribution in [2.45, 2.75) is 39.5 Å². The van der Waals surface area contributed by atoms with Crippen LogP contribution in [0.3, 0.4) is 0 Å². The van der Waals surface area contributed by atoms with Crippen LogP contribution in [0.25, 0.3) is 11.6 Å². The van der Waals surface area contributed by atoms with Gasteiger partial charge in [-0.3, -0.25) is 4.79 Å². The molecule has 124 valence electrons. The normalized spacial score (nSPS) is 19.5. The first-order valence-corrected chi connectivity index (χ1v) is 8.92. The molecular weight excluding hydrogens is 296 g/mol. The number of anilines is 1. The number of aromatic amines is 1. The predicted molar refractivity (Wildman–Crippen MR) is 98.9 cm³/mol. The number of fused-ring (bicyclic) bond motifs is 1. The van der Waals surface area contributed by atoms with Crippen molar-refractivity contribution in [2.75, 3.05) is 11.4 Å². The van der Waals surface area contributed by atoms with Crippen molar-refractivity contribution in [3.05, 3.63) is 52.8 Å². The fourth-order valence-electron chi connectivity index (χ4n) is 4.12. The average molecular weight is 320 g/mol. The van der Waals surface area contributed by atoms with Gasteiger partial charge in [0.15, 0.2) is 0 Å². The molecule has 2 heterocycles. The van der Waals surface area contributed by atoms with Crippen molar-refractivity contribution in [1.29, 1.82) is 0 Å². The van der Waals surface area contributed by atoms with E-state index in [4.69, 9.17) is 0 Å². The van der Waals surface area contributed by atoms with E-state index < -0.39 is 0 Å². The summed E-state index contributed by atoms with van der Waals surface area (Å²) in [5.41, 5.74) is 6.29. The van der Waals surface area contributed by atoms with Crippen LogP contribution in [-0.4, -0.2) is 17.4 Å². The zero-order chi connectivity index (χ0) is 16.7. The lowest BCUT2D eigenvalue weighted by Crippen LogP contribution is -2.31. The number of amides is 1. The number of rotatable bonds is 3. The molecule has 2 aliphatic rings. The van der Waals surface area contributed by atoms with Crippen LogP contribution in [0.2, 0.25) is 0 Å². The van der Waals surface area contributed by atoms with Crippen LogP contribution in [0.15, 0.2) is 30.3 Å². The van der Waals surface area contributed by atoms with E-state index >= 15 is 0 Å². The minimum Gasteiger partial charge on any atom is -0.359 e. The highest BCUT2D eigenvalue weighted by Crippen LogP contribution is 2.39. The molecule has 1 aromatic heterocycles. The Balaban J connectivity index is 1.73. The number of carbonyl (C=O) groups is 1. The Morgan fingerprint density at radius 3 is 2.67 bits per heavy atom. The largest absolute Gasteiger partial charge is 0.359 e. The van der Waals surface area contributed by atoms with Gasteiger partial charge >= 0.3 is 0 Å². The van der Waals surface area contributed by atoms with Crippen molar-refractivity contribution in [3.63, 3.8) is 0 Å². The maximum Gasteiger partial charge on any atom is 0.259 e. The number of H-pyrrole nitrogens is 1. The minimum atomic E-state index is 0.148. The van der Waals surface area contributed by atoms with E-state index in [1.807, 2.05) is 30.0 Å². The maximum absolute atomic E-state index is 13.1. The molecule has 3 nitrogen and oxygen atoms in total. The molecular formula is C21H24N2O. The third-order valence-electron chi connectivity index (χ3n) is 5.35. The molecule has 0 spiro atoms. The fourth-order valence-corrected chi connectivity index (χ4v) is 4.12. The molecule has 0 unspecified atom stereocenters. The zero-order valence-electron chi connectivity index (χ0n) is 14.4. The van der Waals surface area contributed by atoms with Crippen LogP contribution < -0.4 is 4.90 Å². The van der Waals surface area contributed by atoms with Gasteiger partial charge in [0.2, 0.25) is 0 Å². The van der Waals surface area contributed by atoms with Crippen LogP contribution in [-0.2, 0) is 4.79 Å². The first-order chi connectivity index (χ1) is 11.6. The lowest BCUT2D eigenvalue weighted by Gasteiger charge is -2.21. The van der Waals surface area contributed by atoms with Gasteiger partial charge in [-0.25, -0.2) is 0 Å². The summed E-state index contributed by atoms with van der Waals surface area (Å²) in [6.45, 7) is 4.99. The summed E-state index contributed by atoms with van der Waals surface area (Å²) in [6.07, 6.45) is 7.13. The number of hydrogen-bond acceptors (Lipinski definition) is 1. The van der Waals surface area contributed by atoms with Crippen molar-refractivity contribution >= 4 is 23.2 Å². The summed E-state index contributed by atoms with van der Waals surface area (Å²) in [7, 11) is 0. The maximum atomic E-state index is 13.1. The summed E-state index contributed by atoms with van der Waals surface area (Å²) < 4.78 is 0. The van der Waals surface area contributed by atoms with Gasteiger partial charge in [0, 0.05) is 23.5 Å². The van der Waals surface area contributed by atoms with E-state index in [1.165, 1.54) is 31.2 Å². The molecule has 4 rings (SSSR count). The number of nitrogens with one attached hydrogen (secondary N) is 1. The quantitative estimate of drug-likeness (QED) is 0.817. The van der Waals surface area contributed by atoms with Gasteiger partial charge in [-0.15, -0.1) is 0 Å². The molecule has 0 saturated heterocycles. The third-order valence-corrected chi connectivity index (χ3v) is 5.35. The molecule has 3 heteroatoms. The summed E-state index contributed by atoms with van der Waals surface area (Å²) in [5.74, 6) is 0.797. The van der Waals surface area contributed by atoms with E-state index in [1.54, 1.807) is 0 Å². The molecule has 0 bridgehead atoms. The second-order valence-electron chi connectivity index (χ2n) is 7.19. The fraction of sp³-hybridized carbons (Fsp3) is 0.381. The van der Waals surface area contributed by atoms with E-state index in [9.17, 15) is 4.79 Å². The van der Waals surface area contributed by atoms with Crippen LogP contribution in [0.5, 0.6) is 0 Å². The highest BCUT2D eigenvalue weighted by atomic mass is 16.2. The second-order valence-corrected chi connectivity index (χ2v) is 7.19. The molecule has 1 fully saturated rings. The summed E-state index contributed by atoms with van der Waals surface area (Å²) in [6, 6.07) is 10.3. The standard InChI is InChI=1S/C21H24N2O/c1-14-11-15(2)22-19(14)12-18-17-9-5-6-10-20(17)23(21(18)24)13-16-7-3-4-8-16/h5-6,9-12,16,22H,3-4,7-8,13H2,1-2H3/b18-12-. The molecule has 1 aromatic carbocycles. The molecule has 1 N–H and O–H groups in total. The van der Waals surface area contributed by atoms with E-state index in [0.717, 1.165) is 34.8 Å². The average Bonchev–Trinajstić information content (AvgIpc) is 3.24. The predicted octanol–water partition coefficient (Wildman–Crippen LogP) is 4.71. The number of nitrogens with zero attached hydrogens (tertiary/aromatic N) is 1. The van der Waals surface area contributed by atoms with E-state index in [2.05, 4.69) is 30.1 Å². The molecule has 1 amide bonds. The summed E-state index contributed by atoms with van der Waals surface area (Å²) in [5, 5.41) is 0. The monoisotopic (exact) mass is 320 g/mol. The molecule has 1 aliphatic carbocycles. The topological polar surface area (TPSA) is 36.1 Å². The van der Waals surface area contributed by atoms with Gasteiger partial charge in [-0.05, 0) is 56.4 Å². The Labute approximate surface area is 143 Å². The minimum absolute atomic E-state index is 0.148. The van der Waals surface area contributed by atoms with Gasteiger partial charge < -0.3 is 9.88 Å². The number of carbonyl (C=O) groups excluding carboxylic acids is 1.